The Bertz CT molecular complexity index is 926. The zero-order valence-corrected chi connectivity index (χ0v) is 16.6. The molecule has 2 aromatic rings. The zero-order chi connectivity index (χ0) is 21.0. The number of aryl methyl sites for hydroxylation is 1. The normalized spacial score (nSPS) is 18.3. The van der Waals surface area contributed by atoms with Crippen molar-refractivity contribution in [2.24, 2.45) is 5.41 Å². The van der Waals surface area contributed by atoms with E-state index in [0.717, 1.165) is 11.1 Å². The molecule has 152 valence electrons. The number of hydrogen-bond acceptors (Lipinski definition) is 3. The highest BCUT2D eigenvalue weighted by molar-refractivity contribution is 6.04. The molecule has 3 amide bonds. The summed E-state index contributed by atoms with van der Waals surface area (Å²) in [6, 6.07) is 14.3. The first-order valence-corrected chi connectivity index (χ1v) is 9.50. The summed E-state index contributed by atoms with van der Waals surface area (Å²) < 4.78 is 0. The quantitative estimate of drug-likeness (QED) is 0.724. The van der Waals surface area contributed by atoms with Gasteiger partial charge < -0.3 is 20.6 Å². The first kappa shape index (κ1) is 20.4. The summed E-state index contributed by atoms with van der Waals surface area (Å²) >= 11 is 0. The molecular formula is C22H25N3O4. The number of urea groups is 1. The number of benzene rings is 2. The fourth-order valence-corrected chi connectivity index (χ4v) is 3.27. The summed E-state index contributed by atoms with van der Waals surface area (Å²) in [5, 5.41) is 15.0. The third kappa shape index (κ3) is 4.93. The molecule has 0 aliphatic carbocycles. The first-order chi connectivity index (χ1) is 13.8. The third-order valence-corrected chi connectivity index (χ3v) is 5.22. The van der Waals surface area contributed by atoms with Crippen molar-refractivity contribution in [3.8, 4) is 0 Å². The maximum Gasteiger partial charge on any atom is 0.317 e. The van der Waals surface area contributed by atoms with Gasteiger partial charge in [0.05, 0.1) is 5.41 Å². The minimum atomic E-state index is -0.891. The standard InChI is InChI=1S/C22H25N3O4/c1-15-6-8-17(9-7-15)19(26)24-18-5-3-4-16(12-18)13-23-21(29)25-11-10-22(2,14-25)20(27)28/h3-9,12H,10-11,13-14H2,1-2H3,(H,23,29)(H,24,26)(H,27,28). The molecule has 1 atom stereocenters. The van der Waals surface area contributed by atoms with Gasteiger partial charge in [-0.15, -0.1) is 0 Å². The van der Waals surface area contributed by atoms with Crippen LogP contribution in [0.3, 0.4) is 0 Å². The van der Waals surface area contributed by atoms with Gasteiger partial charge in [0.15, 0.2) is 0 Å². The van der Waals surface area contributed by atoms with E-state index in [1.54, 1.807) is 31.2 Å². The number of nitrogens with one attached hydrogen (secondary N) is 2. The molecular weight excluding hydrogens is 370 g/mol. The van der Waals surface area contributed by atoms with E-state index >= 15 is 0 Å². The minimum Gasteiger partial charge on any atom is -0.481 e. The SMILES string of the molecule is Cc1ccc(C(=O)Nc2cccc(CNC(=O)N3CCC(C)(C(=O)O)C3)c2)cc1. The van der Waals surface area contributed by atoms with Crippen LogP contribution in [0.2, 0.25) is 0 Å². The predicted molar refractivity (Wildman–Crippen MR) is 110 cm³/mol. The van der Waals surface area contributed by atoms with Crippen molar-refractivity contribution < 1.29 is 19.5 Å². The van der Waals surface area contributed by atoms with E-state index in [4.69, 9.17) is 0 Å². The average molecular weight is 395 g/mol. The van der Waals surface area contributed by atoms with Crippen LogP contribution in [0.15, 0.2) is 48.5 Å². The minimum absolute atomic E-state index is 0.195. The monoisotopic (exact) mass is 395 g/mol. The molecule has 1 heterocycles. The Morgan fingerprint density at radius 3 is 2.52 bits per heavy atom. The summed E-state index contributed by atoms with van der Waals surface area (Å²) in [5.41, 5.74) is 2.24. The van der Waals surface area contributed by atoms with Crippen molar-refractivity contribution in [1.29, 1.82) is 0 Å². The topological polar surface area (TPSA) is 98.7 Å². The van der Waals surface area contributed by atoms with Crippen LogP contribution in [-0.2, 0) is 11.3 Å². The van der Waals surface area contributed by atoms with Crippen molar-refractivity contribution in [2.75, 3.05) is 18.4 Å². The average Bonchev–Trinajstić information content (AvgIpc) is 3.11. The second kappa shape index (κ2) is 8.34. The molecule has 1 fully saturated rings. The highest BCUT2D eigenvalue weighted by Crippen LogP contribution is 2.30. The Balaban J connectivity index is 1.56. The van der Waals surface area contributed by atoms with E-state index in [1.165, 1.54) is 4.90 Å². The van der Waals surface area contributed by atoms with Crippen LogP contribution in [0, 0.1) is 12.3 Å². The van der Waals surface area contributed by atoms with Crippen molar-refractivity contribution in [3.63, 3.8) is 0 Å². The van der Waals surface area contributed by atoms with Crippen LogP contribution in [0.5, 0.6) is 0 Å². The highest BCUT2D eigenvalue weighted by atomic mass is 16.4. The van der Waals surface area contributed by atoms with Gasteiger partial charge in [0.2, 0.25) is 0 Å². The molecule has 1 aliphatic rings. The summed E-state index contributed by atoms with van der Waals surface area (Å²) in [7, 11) is 0. The third-order valence-electron chi connectivity index (χ3n) is 5.22. The van der Waals surface area contributed by atoms with Crippen molar-refractivity contribution >= 4 is 23.6 Å². The number of aliphatic carboxylic acids is 1. The van der Waals surface area contributed by atoms with Gasteiger partial charge in [0.1, 0.15) is 0 Å². The summed E-state index contributed by atoms with van der Waals surface area (Å²) in [6.45, 7) is 4.52. The smallest absolute Gasteiger partial charge is 0.317 e. The van der Waals surface area contributed by atoms with Gasteiger partial charge in [0.25, 0.3) is 5.91 Å². The Kier molecular flexibility index (Phi) is 5.87. The van der Waals surface area contributed by atoms with E-state index in [1.807, 2.05) is 31.2 Å². The molecule has 3 rings (SSSR count). The van der Waals surface area contributed by atoms with E-state index in [9.17, 15) is 19.5 Å². The van der Waals surface area contributed by atoms with Crippen LogP contribution < -0.4 is 10.6 Å². The molecule has 0 bridgehead atoms. The number of amides is 3. The molecule has 0 aromatic heterocycles. The Hall–Kier alpha value is -3.35. The van der Waals surface area contributed by atoms with Gasteiger partial charge in [-0.1, -0.05) is 29.8 Å². The number of rotatable bonds is 5. The number of anilines is 1. The summed E-state index contributed by atoms with van der Waals surface area (Å²) in [6.07, 6.45) is 0.441. The first-order valence-electron chi connectivity index (χ1n) is 9.50. The molecule has 1 unspecified atom stereocenters. The molecule has 7 heteroatoms. The maximum atomic E-state index is 12.4. The highest BCUT2D eigenvalue weighted by Gasteiger charge is 2.42. The number of carboxylic acids is 1. The molecule has 2 aromatic carbocycles. The Morgan fingerprint density at radius 1 is 1.14 bits per heavy atom. The lowest BCUT2D eigenvalue weighted by Gasteiger charge is -2.20. The Morgan fingerprint density at radius 2 is 1.86 bits per heavy atom. The van der Waals surface area contributed by atoms with E-state index in [-0.39, 0.29) is 25.0 Å². The second-order valence-electron chi connectivity index (χ2n) is 7.72. The van der Waals surface area contributed by atoms with Crippen LogP contribution in [-0.4, -0.2) is 41.0 Å². The molecule has 7 nitrogen and oxygen atoms in total. The maximum absolute atomic E-state index is 12.4. The van der Waals surface area contributed by atoms with Gasteiger partial charge in [-0.25, -0.2) is 4.79 Å². The zero-order valence-electron chi connectivity index (χ0n) is 16.6. The van der Waals surface area contributed by atoms with Gasteiger partial charge in [-0.05, 0) is 50.1 Å². The van der Waals surface area contributed by atoms with Crippen LogP contribution >= 0.6 is 0 Å². The molecule has 29 heavy (non-hydrogen) atoms. The molecule has 0 spiro atoms. The van der Waals surface area contributed by atoms with E-state index in [2.05, 4.69) is 10.6 Å². The lowest BCUT2D eigenvalue weighted by Crippen LogP contribution is -2.40. The lowest BCUT2D eigenvalue weighted by molar-refractivity contribution is -0.147. The van der Waals surface area contributed by atoms with Gasteiger partial charge in [-0.2, -0.15) is 0 Å². The number of carbonyl (C=O) groups is 3. The number of likely N-dealkylation sites (tertiary alicyclic amines) is 1. The number of nitrogens with zero attached hydrogens (tertiary/aromatic N) is 1. The largest absolute Gasteiger partial charge is 0.481 e. The van der Waals surface area contributed by atoms with Crippen molar-refractivity contribution in [1.82, 2.24) is 10.2 Å². The van der Waals surface area contributed by atoms with Crippen molar-refractivity contribution in [2.45, 2.75) is 26.8 Å². The fourth-order valence-electron chi connectivity index (χ4n) is 3.27. The van der Waals surface area contributed by atoms with Gasteiger partial charge in [-0.3, -0.25) is 9.59 Å². The molecule has 1 saturated heterocycles. The van der Waals surface area contributed by atoms with Gasteiger partial charge in [0, 0.05) is 30.9 Å². The lowest BCUT2D eigenvalue weighted by atomic mass is 9.90. The number of carboxylic acid groups (broad SMARTS) is 1. The summed E-state index contributed by atoms with van der Waals surface area (Å²) in [5.74, 6) is -1.08. The van der Waals surface area contributed by atoms with Crippen molar-refractivity contribution in [3.05, 3.63) is 65.2 Å². The number of carbonyl (C=O) groups excluding carboxylic acids is 2. The van der Waals surface area contributed by atoms with Crippen LogP contribution in [0.4, 0.5) is 10.5 Å². The fraction of sp³-hybridized carbons (Fsp3) is 0.318. The molecule has 3 N–H and O–H groups in total. The van der Waals surface area contributed by atoms with Crippen LogP contribution in [0.1, 0.15) is 34.8 Å². The second-order valence-corrected chi connectivity index (χ2v) is 7.72. The number of hydrogen-bond donors (Lipinski definition) is 3. The molecule has 1 aliphatic heterocycles. The predicted octanol–water partition coefficient (Wildman–Crippen LogP) is 3.25. The molecule has 0 radical (unpaired) electrons. The Labute approximate surface area is 169 Å². The van der Waals surface area contributed by atoms with Crippen LogP contribution in [0.25, 0.3) is 0 Å². The van der Waals surface area contributed by atoms with E-state index < -0.39 is 11.4 Å². The van der Waals surface area contributed by atoms with Gasteiger partial charge >= 0.3 is 12.0 Å². The summed E-state index contributed by atoms with van der Waals surface area (Å²) in [4.78, 5) is 37.6. The van der Waals surface area contributed by atoms with E-state index in [0.29, 0.717) is 24.2 Å². The molecule has 0 saturated carbocycles.